The number of hydrogen-bond acceptors (Lipinski definition) is 2. The molecule has 2 rings (SSSR count). The van der Waals surface area contributed by atoms with Gasteiger partial charge in [-0.15, -0.1) is 0 Å². The molecule has 1 aromatic heterocycles. The largest absolute Gasteiger partial charge is 0.355 e. The van der Waals surface area contributed by atoms with Crippen LogP contribution < -0.4 is 10.9 Å². The van der Waals surface area contributed by atoms with Crippen LogP contribution in [-0.4, -0.2) is 17.5 Å². The van der Waals surface area contributed by atoms with Crippen LogP contribution in [0.15, 0.2) is 46.9 Å². The summed E-state index contributed by atoms with van der Waals surface area (Å²) in [4.78, 5) is 23.6. The Bertz CT molecular complexity index is 568. The Labute approximate surface area is 119 Å². The van der Waals surface area contributed by atoms with Gasteiger partial charge >= 0.3 is 0 Å². The first-order chi connectivity index (χ1) is 9.72. The van der Waals surface area contributed by atoms with Crippen LogP contribution in [0, 0.1) is 0 Å². The fraction of sp³-hybridized carbons (Fsp3) is 0.375. The number of carbonyl (C=O) groups is 1. The van der Waals surface area contributed by atoms with E-state index >= 15 is 0 Å². The molecule has 1 aromatic rings. The molecule has 0 aromatic carbocycles. The molecule has 0 saturated carbocycles. The lowest BCUT2D eigenvalue weighted by Crippen LogP contribution is -2.31. The second-order valence-electron chi connectivity index (χ2n) is 4.19. The molecule has 108 valence electrons. The van der Waals surface area contributed by atoms with E-state index in [1.165, 1.54) is 7.05 Å². The van der Waals surface area contributed by atoms with Crippen LogP contribution in [0.1, 0.15) is 37.0 Å². The van der Waals surface area contributed by atoms with Crippen molar-refractivity contribution in [2.24, 2.45) is 0 Å². The molecule has 1 amide bonds. The third kappa shape index (κ3) is 3.95. The van der Waals surface area contributed by atoms with E-state index in [1.807, 2.05) is 19.9 Å². The standard InChI is InChI=1S/C14H16N2O2.C2H6/c1-15-13(17)12-8-5-9-16(14(12)18)10-11-6-3-2-4-7-11;1-2/h3,5-9H,2,4,10H2,1H3,(H,15,17);1-2H3. The van der Waals surface area contributed by atoms with Crippen LogP contribution in [0.25, 0.3) is 0 Å². The first kappa shape index (κ1) is 16.0. The Morgan fingerprint density at radius 3 is 2.70 bits per heavy atom. The highest BCUT2D eigenvalue weighted by Crippen LogP contribution is 2.10. The maximum Gasteiger partial charge on any atom is 0.263 e. The molecule has 0 saturated heterocycles. The average molecular weight is 274 g/mol. The van der Waals surface area contributed by atoms with Crippen molar-refractivity contribution in [3.05, 3.63) is 58.0 Å². The van der Waals surface area contributed by atoms with Crippen molar-refractivity contribution in [1.29, 1.82) is 0 Å². The van der Waals surface area contributed by atoms with Gasteiger partial charge in [0.1, 0.15) is 5.56 Å². The predicted molar refractivity (Wildman–Crippen MR) is 81.9 cm³/mol. The summed E-state index contributed by atoms with van der Waals surface area (Å²) in [5.41, 5.74) is 1.04. The van der Waals surface area contributed by atoms with Gasteiger partial charge in [-0.1, -0.05) is 32.1 Å². The van der Waals surface area contributed by atoms with Crippen LogP contribution in [0.5, 0.6) is 0 Å². The van der Waals surface area contributed by atoms with E-state index in [-0.39, 0.29) is 17.0 Å². The molecule has 4 nitrogen and oxygen atoms in total. The highest BCUT2D eigenvalue weighted by atomic mass is 16.2. The highest BCUT2D eigenvalue weighted by Gasteiger charge is 2.10. The molecule has 1 aliphatic carbocycles. The molecule has 0 radical (unpaired) electrons. The van der Waals surface area contributed by atoms with Gasteiger partial charge < -0.3 is 9.88 Å². The summed E-state index contributed by atoms with van der Waals surface area (Å²) in [5, 5.41) is 2.47. The van der Waals surface area contributed by atoms with Crippen LogP contribution in [0.4, 0.5) is 0 Å². The minimum atomic E-state index is -0.345. The molecule has 1 aliphatic rings. The van der Waals surface area contributed by atoms with Crippen molar-refractivity contribution < 1.29 is 4.79 Å². The molecular formula is C16H22N2O2. The van der Waals surface area contributed by atoms with Crippen molar-refractivity contribution >= 4 is 5.91 Å². The van der Waals surface area contributed by atoms with Gasteiger partial charge in [0.2, 0.25) is 0 Å². The van der Waals surface area contributed by atoms with Crippen molar-refractivity contribution in [3.8, 4) is 0 Å². The minimum Gasteiger partial charge on any atom is -0.355 e. The molecule has 0 spiro atoms. The molecule has 1 N–H and O–H groups in total. The molecule has 0 aliphatic heterocycles. The fourth-order valence-corrected chi connectivity index (χ4v) is 1.95. The lowest BCUT2D eigenvalue weighted by atomic mass is 10.1. The number of pyridine rings is 1. The fourth-order valence-electron chi connectivity index (χ4n) is 1.95. The molecule has 20 heavy (non-hydrogen) atoms. The zero-order valence-electron chi connectivity index (χ0n) is 12.3. The Kier molecular flexibility index (Phi) is 6.50. The van der Waals surface area contributed by atoms with Crippen molar-refractivity contribution in [2.45, 2.75) is 33.2 Å². The lowest BCUT2D eigenvalue weighted by molar-refractivity contribution is 0.0961. The summed E-state index contributed by atoms with van der Waals surface area (Å²) in [6, 6.07) is 3.27. The SMILES string of the molecule is CC.CNC(=O)c1cccn(CC2=CCCC=C2)c1=O. The topological polar surface area (TPSA) is 51.1 Å². The van der Waals surface area contributed by atoms with Gasteiger partial charge in [0, 0.05) is 13.2 Å². The van der Waals surface area contributed by atoms with E-state index in [2.05, 4.69) is 17.5 Å². The average Bonchev–Trinajstić information content (AvgIpc) is 2.52. The Hall–Kier alpha value is -2.10. The second kappa shape index (κ2) is 8.15. The number of allylic oxidation sites excluding steroid dienone is 4. The van der Waals surface area contributed by atoms with Crippen molar-refractivity contribution in [2.75, 3.05) is 7.05 Å². The summed E-state index contributed by atoms with van der Waals surface area (Å²) in [7, 11) is 1.52. The van der Waals surface area contributed by atoms with Gasteiger partial charge in [-0.25, -0.2) is 0 Å². The summed E-state index contributed by atoms with van der Waals surface area (Å²) in [6.45, 7) is 4.51. The van der Waals surface area contributed by atoms with E-state index < -0.39 is 0 Å². The number of amides is 1. The van der Waals surface area contributed by atoms with E-state index in [1.54, 1.807) is 22.9 Å². The third-order valence-electron chi connectivity index (χ3n) is 2.92. The van der Waals surface area contributed by atoms with E-state index in [4.69, 9.17) is 0 Å². The highest BCUT2D eigenvalue weighted by molar-refractivity contribution is 5.93. The van der Waals surface area contributed by atoms with Crippen molar-refractivity contribution in [3.63, 3.8) is 0 Å². The lowest BCUT2D eigenvalue weighted by Gasteiger charge is -2.10. The van der Waals surface area contributed by atoms with Gasteiger partial charge in [0.15, 0.2) is 0 Å². The molecule has 0 atom stereocenters. The van der Waals surface area contributed by atoms with Gasteiger partial charge in [0.25, 0.3) is 11.5 Å². The number of aromatic nitrogens is 1. The second-order valence-corrected chi connectivity index (χ2v) is 4.19. The van der Waals surface area contributed by atoms with Crippen LogP contribution in [0.3, 0.4) is 0 Å². The predicted octanol–water partition coefficient (Wildman–Crippen LogP) is 2.51. The summed E-state index contributed by atoms with van der Waals surface area (Å²) in [6.07, 6.45) is 10.0. The first-order valence-corrected chi connectivity index (χ1v) is 6.99. The van der Waals surface area contributed by atoms with E-state index in [0.29, 0.717) is 6.54 Å². The van der Waals surface area contributed by atoms with Crippen LogP contribution in [0.2, 0.25) is 0 Å². The zero-order valence-corrected chi connectivity index (χ0v) is 12.3. The normalized spacial score (nSPS) is 13.1. The van der Waals surface area contributed by atoms with Crippen molar-refractivity contribution in [1.82, 2.24) is 9.88 Å². The van der Waals surface area contributed by atoms with Gasteiger partial charge in [-0.3, -0.25) is 9.59 Å². The number of nitrogens with one attached hydrogen (secondary N) is 1. The maximum absolute atomic E-state index is 12.1. The van der Waals surface area contributed by atoms with Gasteiger partial charge in [-0.2, -0.15) is 0 Å². The van der Waals surface area contributed by atoms with E-state index in [0.717, 1.165) is 18.4 Å². The monoisotopic (exact) mass is 274 g/mol. The minimum absolute atomic E-state index is 0.181. The quantitative estimate of drug-likeness (QED) is 0.920. The molecule has 1 heterocycles. The van der Waals surface area contributed by atoms with E-state index in [9.17, 15) is 9.59 Å². The molecule has 0 unspecified atom stereocenters. The van der Waals surface area contributed by atoms with Crippen LogP contribution >= 0.6 is 0 Å². The number of carbonyl (C=O) groups excluding carboxylic acids is 1. The zero-order chi connectivity index (χ0) is 15.0. The summed E-state index contributed by atoms with van der Waals surface area (Å²) >= 11 is 0. The Balaban J connectivity index is 0.000000956. The third-order valence-corrected chi connectivity index (χ3v) is 2.92. The van der Waals surface area contributed by atoms with Crippen LogP contribution in [-0.2, 0) is 6.54 Å². The molecule has 0 fully saturated rings. The summed E-state index contributed by atoms with van der Waals surface area (Å²) in [5.74, 6) is -0.345. The molecule has 0 bridgehead atoms. The number of rotatable bonds is 3. The van der Waals surface area contributed by atoms with Gasteiger partial charge in [0.05, 0.1) is 6.54 Å². The summed E-state index contributed by atoms with van der Waals surface area (Å²) < 4.78 is 1.56. The Morgan fingerprint density at radius 1 is 1.35 bits per heavy atom. The number of nitrogens with zero attached hydrogens (tertiary/aromatic N) is 1. The smallest absolute Gasteiger partial charge is 0.263 e. The molecular weight excluding hydrogens is 252 g/mol. The maximum atomic E-state index is 12.1. The van der Waals surface area contributed by atoms with Gasteiger partial charge in [-0.05, 0) is 30.5 Å². The molecule has 4 heteroatoms. The first-order valence-electron chi connectivity index (χ1n) is 6.99. The number of hydrogen-bond donors (Lipinski definition) is 1. The Morgan fingerprint density at radius 2 is 2.10 bits per heavy atom.